The Kier molecular flexibility index (Phi) is 3.60. The van der Waals surface area contributed by atoms with Gasteiger partial charge in [0.1, 0.15) is 0 Å². The van der Waals surface area contributed by atoms with Crippen LogP contribution in [0.5, 0.6) is 0 Å². The molecule has 104 valence electrons. The maximum absolute atomic E-state index is 2.38. The Morgan fingerprint density at radius 3 is 1.86 bits per heavy atom. The molecule has 4 aromatic rings. The average molecular weight is 346 g/mol. The van der Waals surface area contributed by atoms with Gasteiger partial charge in [-0.05, 0) is 0 Å². The molecule has 4 rings (SSSR count). The Bertz CT molecular complexity index is 912. The Labute approximate surface area is 136 Å². The van der Waals surface area contributed by atoms with Gasteiger partial charge >= 0.3 is 136 Å². The molecule has 0 N–H and O–H groups in total. The summed E-state index contributed by atoms with van der Waals surface area (Å²) in [6.45, 7) is 0. The van der Waals surface area contributed by atoms with Gasteiger partial charge in [-0.1, -0.05) is 0 Å². The van der Waals surface area contributed by atoms with E-state index in [0.717, 1.165) is 0 Å². The molecule has 0 amide bonds. The third-order valence-corrected chi connectivity index (χ3v) is 6.23. The summed E-state index contributed by atoms with van der Waals surface area (Å²) in [6, 6.07) is 32.6. The van der Waals surface area contributed by atoms with Crippen molar-refractivity contribution in [3.05, 3.63) is 91.0 Å². The zero-order chi connectivity index (χ0) is 14.8. The zero-order valence-corrected chi connectivity index (χ0v) is 13.8. The van der Waals surface area contributed by atoms with Gasteiger partial charge in [0.2, 0.25) is 0 Å². The van der Waals surface area contributed by atoms with Crippen LogP contribution in [0.25, 0.3) is 30.8 Å². The molecule has 0 spiro atoms. The number of hydrogen-bond donors (Lipinski definition) is 0. The van der Waals surface area contributed by atoms with E-state index in [1.807, 2.05) is 0 Å². The van der Waals surface area contributed by atoms with Gasteiger partial charge in [-0.3, -0.25) is 0 Å². The topological polar surface area (TPSA) is 0 Å². The number of rotatable bonds is 2. The fraction of sp³-hybridized carbons (Fsp3) is 0. The number of fused-ring (bicyclic) bond motifs is 1. The molecule has 0 fully saturated rings. The first-order valence-corrected chi connectivity index (χ1v) is 9.10. The molecular formula is C21H15Se+. The summed E-state index contributed by atoms with van der Waals surface area (Å²) in [4.78, 5) is 0. The quantitative estimate of drug-likeness (QED) is 0.420. The summed E-state index contributed by atoms with van der Waals surface area (Å²) in [5, 5.41) is 1.38. The summed E-state index contributed by atoms with van der Waals surface area (Å²) < 4.78 is 2.92. The van der Waals surface area contributed by atoms with Gasteiger partial charge in [0.05, 0.1) is 0 Å². The van der Waals surface area contributed by atoms with Crippen molar-refractivity contribution in [2.45, 2.75) is 0 Å². The molecule has 1 aromatic heterocycles. The first-order valence-electron chi connectivity index (χ1n) is 7.38. The second kappa shape index (κ2) is 5.88. The predicted molar refractivity (Wildman–Crippen MR) is 96.2 cm³/mol. The molecular weight excluding hydrogens is 331 g/mol. The van der Waals surface area contributed by atoms with Gasteiger partial charge in [0.25, 0.3) is 0 Å². The summed E-state index contributed by atoms with van der Waals surface area (Å²) in [5.74, 6) is 0. The van der Waals surface area contributed by atoms with Crippen molar-refractivity contribution < 1.29 is 0 Å². The van der Waals surface area contributed by atoms with E-state index in [1.165, 1.54) is 30.8 Å². The van der Waals surface area contributed by atoms with Gasteiger partial charge in [-0.2, -0.15) is 0 Å². The minimum atomic E-state index is 0.357. The van der Waals surface area contributed by atoms with Crippen molar-refractivity contribution in [3.63, 3.8) is 0 Å². The second-order valence-electron chi connectivity index (χ2n) is 5.25. The summed E-state index contributed by atoms with van der Waals surface area (Å²) in [6.07, 6.45) is 0. The Morgan fingerprint density at radius 1 is 0.545 bits per heavy atom. The van der Waals surface area contributed by atoms with Crippen LogP contribution in [-0.2, 0) is 0 Å². The second-order valence-corrected chi connectivity index (χ2v) is 7.53. The summed E-state index contributed by atoms with van der Waals surface area (Å²) >= 11 is 0.357. The Morgan fingerprint density at radius 2 is 1.14 bits per heavy atom. The molecule has 0 saturated carbocycles. The fourth-order valence-corrected chi connectivity index (χ4v) is 5.05. The van der Waals surface area contributed by atoms with Gasteiger partial charge in [0, 0.05) is 0 Å². The van der Waals surface area contributed by atoms with Crippen molar-refractivity contribution in [2.75, 3.05) is 0 Å². The molecule has 0 aliphatic carbocycles. The molecule has 1 heterocycles. The monoisotopic (exact) mass is 347 g/mol. The SMILES string of the molecule is c1ccc(-c2cc(-c3ccccc3)c3ccccc3[se+]2)cc1. The van der Waals surface area contributed by atoms with Crippen molar-refractivity contribution in [2.24, 2.45) is 0 Å². The number of hydrogen-bond acceptors (Lipinski definition) is 0. The summed E-state index contributed by atoms with van der Waals surface area (Å²) in [7, 11) is 0. The third-order valence-electron chi connectivity index (χ3n) is 3.82. The molecule has 22 heavy (non-hydrogen) atoms. The average Bonchev–Trinajstić information content (AvgIpc) is 2.62. The molecule has 0 saturated heterocycles. The van der Waals surface area contributed by atoms with E-state index >= 15 is 0 Å². The molecule has 0 atom stereocenters. The van der Waals surface area contributed by atoms with Gasteiger partial charge < -0.3 is 0 Å². The number of benzene rings is 3. The van der Waals surface area contributed by atoms with Gasteiger partial charge in [-0.15, -0.1) is 0 Å². The fourth-order valence-electron chi connectivity index (χ4n) is 2.74. The Balaban J connectivity index is 2.02. The van der Waals surface area contributed by atoms with Crippen LogP contribution in [-0.4, -0.2) is 14.5 Å². The van der Waals surface area contributed by atoms with E-state index in [4.69, 9.17) is 0 Å². The van der Waals surface area contributed by atoms with Crippen molar-refractivity contribution in [3.8, 4) is 21.1 Å². The van der Waals surface area contributed by atoms with Crippen LogP contribution < -0.4 is 0 Å². The first-order chi connectivity index (χ1) is 10.9. The minimum absolute atomic E-state index is 0.357. The molecule has 0 unspecified atom stereocenters. The van der Waals surface area contributed by atoms with E-state index in [9.17, 15) is 0 Å². The molecule has 0 radical (unpaired) electrons. The van der Waals surface area contributed by atoms with Crippen LogP contribution >= 0.6 is 0 Å². The van der Waals surface area contributed by atoms with Crippen LogP contribution in [0.3, 0.4) is 0 Å². The van der Waals surface area contributed by atoms with E-state index in [1.54, 1.807) is 0 Å². The van der Waals surface area contributed by atoms with Crippen LogP contribution in [0.2, 0.25) is 0 Å². The van der Waals surface area contributed by atoms with Crippen molar-refractivity contribution >= 4 is 24.1 Å². The molecule has 1 heteroatoms. The van der Waals surface area contributed by atoms with Crippen molar-refractivity contribution in [1.29, 1.82) is 0 Å². The third kappa shape index (κ3) is 2.50. The Hall–Kier alpha value is -2.21. The molecule has 0 aliphatic heterocycles. The molecule has 0 aliphatic rings. The van der Waals surface area contributed by atoms with Crippen molar-refractivity contribution in [1.82, 2.24) is 0 Å². The summed E-state index contributed by atoms with van der Waals surface area (Å²) in [5.41, 5.74) is 3.97. The van der Waals surface area contributed by atoms with Crippen LogP contribution in [0.15, 0.2) is 91.0 Å². The van der Waals surface area contributed by atoms with E-state index in [0.29, 0.717) is 14.5 Å². The maximum atomic E-state index is 2.38. The van der Waals surface area contributed by atoms with Crippen LogP contribution in [0, 0.1) is 0 Å². The van der Waals surface area contributed by atoms with Crippen LogP contribution in [0.4, 0.5) is 0 Å². The molecule has 3 aromatic carbocycles. The van der Waals surface area contributed by atoms with Crippen LogP contribution in [0.1, 0.15) is 0 Å². The van der Waals surface area contributed by atoms with Gasteiger partial charge in [0.15, 0.2) is 0 Å². The standard InChI is InChI=1S/C21H15Se/c1-3-9-16(10-4-1)19-15-21(17-11-5-2-6-12-17)22-20-14-8-7-13-18(19)20/h1-15H/q+1. The normalized spacial score (nSPS) is 10.7. The molecule has 0 nitrogen and oxygen atoms in total. The predicted octanol–water partition coefficient (Wildman–Crippen LogP) is 5.51. The van der Waals surface area contributed by atoms with E-state index in [2.05, 4.69) is 91.0 Å². The van der Waals surface area contributed by atoms with Gasteiger partial charge in [-0.25, -0.2) is 0 Å². The zero-order valence-electron chi connectivity index (χ0n) is 12.1. The van der Waals surface area contributed by atoms with E-state index in [-0.39, 0.29) is 0 Å². The van der Waals surface area contributed by atoms with E-state index < -0.39 is 0 Å². The molecule has 0 bridgehead atoms. The first kappa shape index (κ1) is 13.5.